The molecule has 0 heterocycles. The normalized spacial score (nSPS) is 10.2. The first-order valence-electron chi connectivity index (χ1n) is 7.89. The van der Waals surface area contributed by atoms with E-state index >= 15 is 0 Å². The van der Waals surface area contributed by atoms with Crippen molar-refractivity contribution in [3.05, 3.63) is 29.3 Å². The molecule has 0 aliphatic heterocycles. The first-order valence-corrected chi connectivity index (χ1v) is 8.27. The molecule has 9 heteroatoms. The van der Waals surface area contributed by atoms with E-state index in [-0.39, 0.29) is 25.6 Å². The highest BCUT2D eigenvalue weighted by molar-refractivity contribution is 6.30. The number of hydrogen-bond donors (Lipinski definition) is 3. The molecule has 3 amide bonds. The lowest BCUT2D eigenvalue weighted by Gasteiger charge is -2.19. The number of nitrogens with one attached hydrogen (secondary N) is 3. The Morgan fingerprint density at radius 1 is 1.00 bits per heavy atom. The second-order valence-corrected chi connectivity index (χ2v) is 5.53. The second-order valence-electron chi connectivity index (χ2n) is 5.10. The van der Waals surface area contributed by atoms with Crippen LogP contribution >= 0.6 is 11.6 Å². The summed E-state index contributed by atoms with van der Waals surface area (Å²) in [6, 6.07) is 6.55. The number of nitrogens with zero attached hydrogens (tertiary/aromatic N) is 1. The molecule has 1 aromatic rings. The fraction of sp³-hybridized carbons (Fsp3) is 0.438. The van der Waals surface area contributed by atoms with E-state index < -0.39 is 11.8 Å². The highest BCUT2D eigenvalue weighted by Crippen LogP contribution is 2.15. The Bertz CT molecular complexity index is 580. The Morgan fingerprint density at radius 3 is 2.20 bits per heavy atom. The van der Waals surface area contributed by atoms with Crippen LogP contribution in [0.15, 0.2) is 24.3 Å². The second kappa shape index (κ2) is 11.3. The van der Waals surface area contributed by atoms with Crippen LogP contribution in [0.4, 0.5) is 0 Å². The molecule has 0 spiro atoms. The van der Waals surface area contributed by atoms with E-state index in [0.717, 1.165) is 0 Å². The number of rotatable bonds is 9. The Kier molecular flexibility index (Phi) is 9.34. The summed E-state index contributed by atoms with van der Waals surface area (Å²) >= 11 is 5.75. The molecular weight excluding hydrogens is 348 g/mol. The van der Waals surface area contributed by atoms with Crippen LogP contribution in [-0.4, -0.2) is 55.4 Å². The summed E-state index contributed by atoms with van der Waals surface area (Å²) in [6.07, 6.45) is 0. The number of amides is 3. The summed E-state index contributed by atoms with van der Waals surface area (Å²) in [5.74, 6) is -0.594. The summed E-state index contributed by atoms with van der Waals surface area (Å²) < 4.78 is 5.25. The number of hydrogen-bond acceptors (Lipinski definition) is 5. The van der Waals surface area contributed by atoms with Crippen LogP contribution in [0.3, 0.4) is 0 Å². The summed E-state index contributed by atoms with van der Waals surface area (Å²) in [6.45, 7) is 4.58. The summed E-state index contributed by atoms with van der Waals surface area (Å²) in [7, 11) is 0. The predicted octanol–water partition coefficient (Wildman–Crippen LogP) is 0.324. The first kappa shape index (κ1) is 20.7. The molecule has 25 heavy (non-hydrogen) atoms. The van der Waals surface area contributed by atoms with Crippen LogP contribution in [0.2, 0.25) is 5.02 Å². The Hall–Kier alpha value is -2.32. The lowest BCUT2D eigenvalue weighted by molar-refractivity contribution is -0.131. The maximum absolute atomic E-state index is 11.8. The number of benzene rings is 1. The molecule has 138 valence electrons. The van der Waals surface area contributed by atoms with Crippen molar-refractivity contribution in [1.29, 1.82) is 0 Å². The minimum Gasteiger partial charge on any atom is -0.484 e. The van der Waals surface area contributed by atoms with Crippen molar-refractivity contribution in [2.24, 2.45) is 0 Å². The number of carbonyl (C=O) groups is 3. The molecule has 3 N–H and O–H groups in total. The van der Waals surface area contributed by atoms with Gasteiger partial charge in [0, 0.05) is 11.6 Å². The van der Waals surface area contributed by atoms with Crippen LogP contribution in [0.25, 0.3) is 0 Å². The molecule has 1 aromatic carbocycles. The van der Waals surface area contributed by atoms with Gasteiger partial charge in [-0.25, -0.2) is 0 Å². The number of carbonyl (C=O) groups excluding carboxylic acids is 3. The van der Waals surface area contributed by atoms with Gasteiger partial charge in [-0.05, 0) is 37.7 Å². The van der Waals surface area contributed by atoms with E-state index in [9.17, 15) is 14.4 Å². The molecule has 0 aliphatic carbocycles. The van der Waals surface area contributed by atoms with Gasteiger partial charge in [-0.15, -0.1) is 0 Å². The van der Waals surface area contributed by atoms with E-state index in [2.05, 4.69) is 16.2 Å². The largest absolute Gasteiger partial charge is 0.484 e. The van der Waals surface area contributed by atoms with Gasteiger partial charge in [0.15, 0.2) is 6.61 Å². The molecule has 0 fully saturated rings. The first-order chi connectivity index (χ1) is 11.9. The van der Waals surface area contributed by atoms with Gasteiger partial charge >= 0.3 is 0 Å². The average Bonchev–Trinajstić information content (AvgIpc) is 2.59. The fourth-order valence-corrected chi connectivity index (χ4v) is 1.96. The number of likely N-dealkylation sites (N-methyl/N-ethyl adjacent to an activating group) is 2. The molecular formula is C16H23ClN4O4. The van der Waals surface area contributed by atoms with Crippen molar-refractivity contribution in [3.63, 3.8) is 0 Å². The van der Waals surface area contributed by atoms with Crippen LogP contribution in [0.1, 0.15) is 13.8 Å². The molecule has 0 aliphatic rings. The Balaban J connectivity index is 2.28. The van der Waals surface area contributed by atoms with Crippen molar-refractivity contribution in [2.75, 3.05) is 32.8 Å². The van der Waals surface area contributed by atoms with E-state index in [1.807, 2.05) is 13.8 Å². The number of ether oxygens (including phenoxy) is 1. The zero-order valence-electron chi connectivity index (χ0n) is 14.3. The molecule has 0 radical (unpaired) electrons. The van der Waals surface area contributed by atoms with E-state index in [0.29, 0.717) is 23.9 Å². The summed E-state index contributed by atoms with van der Waals surface area (Å²) in [4.78, 5) is 36.6. The molecule has 8 nitrogen and oxygen atoms in total. The topological polar surface area (TPSA) is 99.8 Å². The molecule has 0 saturated heterocycles. The maximum atomic E-state index is 11.8. The third-order valence-electron chi connectivity index (χ3n) is 3.08. The standard InChI is InChI=1S/C16H23ClN4O4/c1-3-18-14(22)9-21(4-2)10-15(23)19-20-16(24)11-25-13-7-5-12(17)6-8-13/h5-8H,3-4,9-11H2,1-2H3,(H,18,22)(H,19,23)(H,20,24). The average molecular weight is 371 g/mol. The quantitative estimate of drug-likeness (QED) is 0.544. The van der Waals surface area contributed by atoms with Crippen molar-refractivity contribution < 1.29 is 19.1 Å². The molecule has 0 saturated carbocycles. The van der Waals surface area contributed by atoms with Crippen molar-refractivity contribution >= 4 is 29.3 Å². The third-order valence-corrected chi connectivity index (χ3v) is 3.33. The van der Waals surface area contributed by atoms with Crippen LogP contribution in [-0.2, 0) is 14.4 Å². The lowest BCUT2D eigenvalue weighted by atomic mass is 10.3. The van der Waals surface area contributed by atoms with Gasteiger partial charge < -0.3 is 10.1 Å². The van der Waals surface area contributed by atoms with Crippen molar-refractivity contribution in [1.82, 2.24) is 21.1 Å². The minimum absolute atomic E-state index is 0.00798. The maximum Gasteiger partial charge on any atom is 0.276 e. The van der Waals surface area contributed by atoms with Crippen molar-refractivity contribution in [3.8, 4) is 5.75 Å². The number of halogens is 1. The molecule has 0 atom stereocenters. The Labute approximate surface area is 151 Å². The van der Waals surface area contributed by atoms with Crippen LogP contribution in [0.5, 0.6) is 5.75 Å². The SMILES string of the molecule is CCNC(=O)CN(CC)CC(=O)NNC(=O)COc1ccc(Cl)cc1. The van der Waals surface area contributed by atoms with Gasteiger partial charge in [0.25, 0.3) is 11.8 Å². The summed E-state index contributed by atoms with van der Waals surface area (Å²) in [5, 5.41) is 3.23. The van der Waals surface area contributed by atoms with Gasteiger partial charge in [0.1, 0.15) is 5.75 Å². The van der Waals surface area contributed by atoms with E-state index in [1.165, 1.54) is 0 Å². The van der Waals surface area contributed by atoms with E-state index in [1.54, 1.807) is 29.2 Å². The van der Waals surface area contributed by atoms with Crippen LogP contribution in [0, 0.1) is 0 Å². The van der Waals surface area contributed by atoms with Crippen molar-refractivity contribution in [2.45, 2.75) is 13.8 Å². The van der Waals surface area contributed by atoms with Crippen LogP contribution < -0.4 is 20.9 Å². The van der Waals surface area contributed by atoms with Gasteiger partial charge in [0.2, 0.25) is 5.91 Å². The molecule has 0 bridgehead atoms. The monoisotopic (exact) mass is 370 g/mol. The molecule has 0 aromatic heterocycles. The van der Waals surface area contributed by atoms with Gasteiger partial charge in [-0.1, -0.05) is 18.5 Å². The van der Waals surface area contributed by atoms with E-state index in [4.69, 9.17) is 16.3 Å². The summed E-state index contributed by atoms with van der Waals surface area (Å²) in [5.41, 5.74) is 4.54. The molecule has 1 rings (SSSR count). The van der Waals surface area contributed by atoms with Gasteiger partial charge in [0.05, 0.1) is 13.1 Å². The minimum atomic E-state index is -0.505. The zero-order chi connectivity index (χ0) is 18.7. The van der Waals surface area contributed by atoms with Gasteiger partial charge in [-0.3, -0.25) is 30.1 Å². The highest BCUT2D eigenvalue weighted by Gasteiger charge is 2.13. The zero-order valence-corrected chi connectivity index (χ0v) is 15.1. The Morgan fingerprint density at radius 2 is 1.60 bits per heavy atom. The smallest absolute Gasteiger partial charge is 0.276 e. The highest BCUT2D eigenvalue weighted by atomic mass is 35.5. The third kappa shape index (κ3) is 8.92. The fourth-order valence-electron chi connectivity index (χ4n) is 1.83. The molecule has 0 unspecified atom stereocenters. The predicted molar refractivity (Wildman–Crippen MR) is 94.0 cm³/mol. The number of hydrazine groups is 1. The van der Waals surface area contributed by atoms with Gasteiger partial charge in [-0.2, -0.15) is 0 Å². The lowest BCUT2D eigenvalue weighted by Crippen LogP contribution is -2.49.